The van der Waals surface area contributed by atoms with Crippen LogP contribution in [0.2, 0.25) is 0 Å². The molecule has 0 aliphatic carbocycles. The van der Waals surface area contributed by atoms with Crippen molar-refractivity contribution in [3.05, 3.63) is 53.6 Å². The molecule has 94 valence electrons. The zero-order chi connectivity index (χ0) is 13.3. The van der Waals surface area contributed by atoms with Crippen molar-refractivity contribution in [1.82, 2.24) is 0 Å². The third kappa shape index (κ3) is 2.57. The molecular formula is C14H13ClO2S. The molecule has 0 atom stereocenters. The molecule has 0 radical (unpaired) electrons. The molecule has 0 fully saturated rings. The molecule has 0 aliphatic heterocycles. The second-order valence-corrected chi connectivity index (χ2v) is 6.79. The summed E-state index contributed by atoms with van der Waals surface area (Å²) in [5.41, 5.74) is 3.65. The molecule has 2 aromatic carbocycles. The Morgan fingerprint density at radius 1 is 0.944 bits per heavy atom. The van der Waals surface area contributed by atoms with Crippen LogP contribution in [0.5, 0.6) is 0 Å². The second-order valence-electron chi connectivity index (χ2n) is 4.25. The van der Waals surface area contributed by atoms with E-state index in [1.807, 2.05) is 38.1 Å². The lowest BCUT2D eigenvalue weighted by Crippen LogP contribution is -1.96. The first kappa shape index (κ1) is 13.1. The standard InChI is InChI=1S/C14H13ClO2S/c1-10-7-8-11(2)13(9-10)12-5-3-4-6-14(12)18(15,16)17/h3-9H,1-2H3. The SMILES string of the molecule is Cc1ccc(C)c(-c2ccccc2S(=O)(=O)Cl)c1. The van der Waals surface area contributed by atoms with Crippen LogP contribution in [0.4, 0.5) is 0 Å². The van der Waals surface area contributed by atoms with Gasteiger partial charge in [0.1, 0.15) is 0 Å². The Morgan fingerprint density at radius 2 is 1.61 bits per heavy atom. The molecule has 0 spiro atoms. The molecule has 0 saturated carbocycles. The zero-order valence-corrected chi connectivity index (χ0v) is 11.7. The van der Waals surface area contributed by atoms with Crippen LogP contribution in [0, 0.1) is 13.8 Å². The molecule has 2 aromatic rings. The molecule has 2 nitrogen and oxygen atoms in total. The predicted molar refractivity (Wildman–Crippen MR) is 74.4 cm³/mol. The van der Waals surface area contributed by atoms with Crippen LogP contribution in [-0.2, 0) is 9.05 Å². The van der Waals surface area contributed by atoms with Crippen molar-refractivity contribution in [2.75, 3.05) is 0 Å². The van der Waals surface area contributed by atoms with E-state index < -0.39 is 9.05 Å². The fourth-order valence-corrected chi connectivity index (χ4v) is 3.01. The van der Waals surface area contributed by atoms with Gasteiger partial charge in [0.15, 0.2) is 0 Å². The number of halogens is 1. The highest BCUT2D eigenvalue weighted by Crippen LogP contribution is 2.32. The number of aryl methyl sites for hydroxylation is 2. The minimum atomic E-state index is -3.74. The van der Waals surface area contributed by atoms with Crippen molar-refractivity contribution in [3.63, 3.8) is 0 Å². The highest BCUT2D eigenvalue weighted by Gasteiger charge is 2.17. The largest absolute Gasteiger partial charge is 0.261 e. The summed E-state index contributed by atoms with van der Waals surface area (Å²) in [6, 6.07) is 12.7. The maximum absolute atomic E-state index is 11.6. The fraction of sp³-hybridized carbons (Fsp3) is 0.143. The van der Waals surface area contributed by atoms with E-state index in [9.17, 15) is 8.42 Å². The van der Waals surface area contributed by atoms with Crippen LogP contribution >= 0.6 is 10.7 Å². The maximum atomic E-state index is 11.6. The van der Waals surface area contributed by atoms with Gasteiger partial charge in [0, 0.05) is 16.2 Å². The Bertz CT molecular complexity index is 691. The summed E-state index contributed by atoms with van der Waals surface area (Å²) in [5, 5.41) is 0. The monoisotopic (exact) mass is 280 g/mol. The molecule has 0 N–H and O–H groups in total. The third-order valence-electron chi connectivity index (χ3n) is 2.83. The molecule has 0 aliphatic rings. The van der Waals surface area contributed by atoms with Gasteiger partial charge in [-0.3, -0.25) is 0 Å². The van der Waals surface area contributed by atoms with Crippen LogP contribution in [-0.4, -0.2) is 8.42 Å². The molecule has 4 heteroatoms. The molecule has 0 unspecified atom stereocenters. The van der Waals surface area contributed by atoms with Crippen LogP contribution in [0.1, 0.15) is 11.1 Å². The van der Waals surface area contributed by atoms with Crippen LogP contribution in [0.25, 0.3) is 11.1 Å². The Kier molecular flexibility index (Phi) is 3.46. The van der Waals surface area contributed by atoms with Crippen LogP contribution < -0.4 is 0 Å². The minimum absolute atomic E-state index is 0.153. The van der Waals surface area contributed by atoms with E-state index in [4.69, 9.17) is 10.7 Å². The minimum Gasteiger partial charge on any atom is -0.207 e. The average molecular weight is 281 g/mol. The Hall–Kier alpha value is -1.32. The molecule has 0 saturated heterocycles. The number of hydrogen-bond acceptors (Lipinski definition) is 2. The highest BCUT2D eigenvalue weighted by atomic mass is 35.7. The van der Waals surface area contributed by atoms with E-state index in [-0.39, 0.29) is 4.90 Å². The normalized spacial score (nSPS) is 11.5. The van der Waals surface area contributed by atoms with Crippen molar-refractivity contribution < 1.29 is 8.42 Å². The molecule has 2 rings (SSSR count). The summed E-state index contributed by atoms with van der Waals surface area (Å²) in [6.07, 6.45) is 0. The third-order valence-corrected chi connectivity index (χ3v) is 4.21. The van der Waals surface area contributed by atoms with E-state index in [2.05, 4.69) is 0 Å². The quantitative estimate of drug-likeness (QED) is 0.782. The van der Waals surface area contributed by atoms with E-state index in [1.54, 1.807) is 12.1 Å². The van der Waals surface area contributed by atoms with Crippen molar-refractivity contribution in [2.24, 2.45) is 0 Å². The maximum Gasteiger partial charge on any atom is 0.261 e. The van der Waals surface area contributed by atoms with Gasteiger partial charge in [0.05, 0.1) is 4.90 Å². The van der Waals surface area contributed by atoms with Gasteiger partial charge < -0.3 is 0 Å². The molecule has 0 bridgehead atoms. The Balaban J connectivity index is 2.76. The Labute approximate surface area is 112 Å². The highest BCUT2D eigenvalue weighted by molar-refractivity contribution is 8.13. The predicted octanol–water partition coefficient (Wildman–Crippen LogP) is 3.90. The van der Waals surface area contributed by atoms with Crippen molar-refractivity contribution in [3.8, 4) is 11.1 Å². The van der Waals surface area contributed by atoms with Crippen LogP contribution in [0.3, 0.4) is 0 Å². The molecule has 18 heavy (non-hydrogen) atoms. The summed E-state index contributed by atoms with van der Waals surface area (Å²) >= 11 is 0. The van der Waals surface area contributed by atoms with Gasteiger partial charge in [-0.2, -0.15) is 0 Å². The van der Waals surface area contributed by atoms with Gasteiger partial charge in [-0.25, -0.2) is 8.42 Å². The van der Waals surface area contributed by atoms with Gasteiger partial charge in [-0.1, -0.05) is 42.0 Å². The van der Waals surface area contributed by atoms with Gasteiger partial charge in [-0.15, -0.1) is 0 Å². The van der Waals surface area contributed by atoms with Gasteiger partial charge in [0.2, 0.25) is 0 Å². The Morgan fingerprint density at radius 3 is 2.28 bits per heavy atom. The smallest absolute Gasteiger partial charge is 0.207 e. The summed E-state index contributed by atoms with van der Waals surface area (Å²) in [4.78, 5) is 0.153. The second kappa shape index (κ2) is 4.75. The lowest BCUT2D eigenvalue weighted by molar-refractivity contribution is 0.610. The van der Waals surface area contributed by atoms with E-state index in [1.165, 1.54) is 6.07 Å². The first-order valence-electron chi connectivity index (χ1n) is 5.51. The van der Waals surface area contributed by atoms with Gasteiger partial charge >= 0.3 is 0 Å². The van der Waals surface area contributed by atoms with Crippen molar-refractivity contribution in [2.45, 2.75) is 18.7 Å². The summed E-state index contributed by atoms with van der Waals surface area (Å²) in [5.74, 6) is 0. The molecule has 0 heterocycles. The van der Waals surface area contributed by atoms with Gasteiger partial charge in [-0.05, 0) is 31.0 Å². The average Bonchev–Trinajstić information content (AvgIpc) is 2.31. The first-order chi connectivity index (χ1) is 8.39. The molecule has 0 amide bonds. The summed E-state index contributed by atoms with van der Waals surface area (Å²) < 4.78 is 23.2. The molecule has 0 aromatic heterocycles. The lowest BCUT2D eigenvalue weighted by atomic mass is 9.98. The zero-order valence-electron chi connectivity index (χ0n) is 10.1. The van der Waals surface area contributed by atoms with Crippen LogP contribution in [0.15, 0.2) is 47.4 Å². The summed E-state index contributed by atoms with van der Waals surface area (Å²) in [6.45, 7) is 3.92. The topological polar surface area (TPSA) is 34.1 Å². The van der Waals surface area contributed by atoms with E-state index >= 15 is 0 Å². The fourth-order valence-electron chi connectivity index (χ4n) is 1.93. The lowest BCUT2D eigenvalue weighted by Gasteiger charge is -2.10. The number of rotatable bonds is 2. The number of benzene rings is 2. The summed E-state index contributed by atoms with van der Waals surface area (Å²) in [7, 11) is 1.74. The van der Waals surface area contributed by atoms with E-state index in [0.29, 0.717) is 5.56 Å². The van der Waals surface area contributed by atoms with Crippen molar-refractivity contribution >= 4 is 19.7 Å². The van der Waals surface area contributed by atoms with Crippen molar-refractivity contribution in [1.29, 1.82) is 0 Å². The van der Waals surface area contributed by atoms with Gasteiger partial charge in [0.25, 0.3) is 9.05 Å². The first-order valence-corrected chi connectivity index (χ1v) is 7.82. The molecular weight excluding hydrogens is 268 g/mol. The number of hydrogen-bond donors (Lipinski definition) is 0. The van der Waals surface area contributed by atoms with E-state index in [0.717, 1.165) is 16.7 Å².